The van der Waals surface area contributed by atoms with E-state index in [0.717, 1.165) is 30.9 Å². The molecule has 2 fully saturated rings. The number of nitrogens with one attached hydrogen (secondary N) is 3. The van der Waals surface area contributed by atoms with Crippen LogP contribution in [-0.2, 0) is 6.61 Å². The Morgan fingerprint density at radius 3 is 2.78 bits per heavy atom. The van der Waals surface area contributed by atoms with Crippen LogP contribution < -0.4 is 26.4 Å². The number of alkyl halides is 1. The quantitative estimate of drug-likeness (QED) is 0.324. The lowest BCUT2D eigenvalue weighted by molar-refractivity contribution is 0.0949. The van der Waals surface area contributed by atoms with Crippen molar-refractivity contribution in [1.29, 1.82) is 0 Å². The van der Waals surface area contributed by atoms with E-state index in [2.05, 4.69) is 20.3 Å². The number of rotatable bonds is 11. The van der Waals surface area contributed by atoms with Gasteiger partial charge in [0.2, 0.25) is 5.88 Å². The predicted octanol–water partition coefficient (Wildman–Crippen LogP) is 2.92. The van der Waals surface area contributed by atoms with Crippen LogP contribution in [0.15, 0.2) is 18.2 Å². The second kappa shape index (κ2) is 11.8. The maximum atomic E-state index is 13.2. The number of hydrogen-bond donors (Lipinski definition) is 4. The minimum Gasteiger partial charge on any atom is -0.472 e. The molecule has 194 valence electrons. The van der Waals surface area contributed by atoms with Crippen molar-refractivity contribution in [2.24, 2.45) is 5.73 Å². The van der Waals surface area contributed by atoms with E-state index in [9.17, 15) is 18.8 Å². The molecule has 10 nitrogen and oxygen atoms in total. The molecule has 5 N–H and O–H groups in total. The molecule has 1 aromatic carbocycles. The number of aromatic nitrogens is 1. The van der Waals surface area contributed by atoms with Crippen LogP contribution in [0, 0.1) is 0 Å². The van der Waals surface area contributed by atoms with Crippen LogP contribution in [0.3, 0.4) is 0 Å². The van der Waals surface area contributed by atoms with Gasteiger partial charge in [0.25, 0.3) is 11.8 Å². The number of hydrogen-bond acceptors (Lipinski definition) is 7. The summed E-state index contributed by atoms with van der Waals surface area (Å²) < 4.78 is 23.0. The molecular formula is C23H28ClFN6O4S. The van der Waals surface area contributed by atoms with E-state index in [4.69, 9.17) is 22.1 Å². The summed E-state index contributed by atoms with van der Waals surface area (Å²) in [5, 5.41) is 8.73. The van der Waals surface area contributed by atoms with Crippen molar-refractivity contribution in [2.75, 3.05) is 31.5 Å². The number of primary amides is 1. The first kappa shape index (κ1) is 26.1. The Hall–Kier alpha value is -2.96. The standard InChI is InChI=1S/C23H28ClFN6O4S/c24-17-5-2-13(20(33)28-16-3-4-16)10-14(17)12-35-21-18(19(26)32)22(36-30-21)29-23(34)27-7-1-8-31-9-6-15(25)11-31/h2,5,10,15-16H,1,3-4,6-9,11-12H2,(H2,26,32)(H,28,33)(H2,27,29,34)/t15-/m0/s1. The maximum absolute atomic E-state index is 13.2. The third-order valence-corrected chi connectivity index (χ3v) is 6.99. The molecule has 4 amide bonds. The van der Waals surface area contributed by atoms with Gasteiger partial charge in [-0.1, -0.05) is 11.6 Å². The highest BCUT2D eigenvalue weighted by molar-refractivity contribution is 7.11. The molecule has 1 aromatic heterocycles. The highest BCUT2D eigenvalue weighted by atomic mass is 35.5. The van der Waals surface area contributed by atoms with Gasteiger partial charge in [-0.25, -0.2) is 9.18 Å². The average molecular weight is 539 g/mol. The summed E-state index contributed by atoms with van der Waals surface area (Å²) in [6.07, 6.45) is 2.39. The van der Waals surface area contributed by atoms with Gasteiger partial charge < -0.3 is 26.0 Å². The van der Waals surface area contributed by atoms with Crippen molar-refractivity contribution in [2.45, 2.75) is 44.5 Å². The maximum Gasteiger partial charge on any atom is 0.319 e. The second-order valence-electron chi connectivity index (χ2n) is 8.82. The van der Waals surface area contributed by atoms with E-state index >= 15 is 0 Å². The van der Waals surface area contributed by atoms with Gasteiger partial charge in [0.15, 0.2) is 0 Å². The van der Waals surface area contributed by atoms with E-state index < -0.39 is 18.1 Å². The van der Waals surface area contributed by atoms with Crippen LogP contribution in [0.2, 0.25) is 5.02 Å². The molecule has 1 saturated carbocycles. The average Bonchev–Trinajstić information content (AvgIpc) is 3.41. The predicted molar refractivity (Wildman–Crippen MR) is 134 cm³/mol. The van der Waals surface area contributed by atoms with E-state index in [1.807, 2.05) is 4.90 Å². The smallest absolute Gasteiger partial charge is 0.319 e. The third kappa shape index (κ3) is 7.05. The highest BCUT2D eigenvalue weighted by Gasteiger charge is 2.25. The van der Waals surface area contributed by atoms with Gasteiger partial charge >= 0.3 is 6.03 Å². The fraction of sp³-hybridized carbons (Fsp3) is 0.478. The first-order valence-corrected chi connectivity index (χ1v) is 12.9. The number of nitrogens with zero attached hydrogens (tertiary/aromatic N) is 2. The van der Waals surface area contributed by atoms with Crippen LogP contribution in [0.4, 0.5) is 14.2 Å². The van der Waals surface area contributed by atoms with Crippen molar-refractivity contribution in [1.82, 2.24) is 19.9 Å². The zero-order valence-corrected chi connectivity index (χ0v) is 21.1. The normalized spacial score (nSPS) is 17.6. The van der Waals surface area contributed by atoms with Gasteiger partial charge in [-0.15, -0.1) is 0 Å². The number of carbonyl (C=O) groups excluding carboxylic acids is 3. The highest BCUT2D eigenvalue weighted by Crippen LogP contribution is 2.31. The fourth-order valence-corrected chi connectivity index (χ4v) is 4.69. The number of benzene rings is 1. The number of ether oxygens (including phenoxy) is 1. The number of carbonyl (C=O) groups is 3. The Morgan fingerprint density at radius 1 is 1.28 bits per heavy atom. The van der Waals surface area contributed by atoms with Gasteiger partial charge in [0.05, 0.1) is 0 Å². The van der Waals surface area contributed by atoms with Crippen LogP contribution in [0.1, 0.15) is 52.0 Å². The molecule has 0 spiro atoms. The molecule has 2 aromatic rings. The second-order valence-corrected chi connectivity index (χ2v) is 10.0. The zero-order valence-electron chi connectivity index (χ0n) is 19.5. The Morgan fingerprint density at radius 2 is 2.08 bits per heavy atom. The van der Waals surface area contributed by atoms with Crippen LogP contribution >= 0.6 is 23.1 Å². The van der Waals surface area contributed by atoms with Gasteiger partial charge in [0, 0.05) is 41.8 Å². The van der Waals surface area contributed by atoms with Crippen molar-refractivity contribution in [3.05, 3.63) is 39.9 Å². The minimum absolute atomic E-state index is 0.0403. The molecule has 1 aliphatic carbocycles. The molecule has 0 radical (unpaired) electrons. The number of urea groups is 1. The molecule has 13 heteroatoms. The fourth-order valence-electron chi connectivity index (χ4n) is 3.79. The van der Waals surface area contributed by atoms with Crippen LogP contribution in [-0.4, -0.2) is 65.5 Å². The summed E-state index contributed by atoms with van der Waals surface area (Å²) in [6.45, 7) is 2.17. The number of anilines is 1. The molecule has 0 bridgehead atoms. The van der Waals surface area contributed by atoms with Crippen molar-refractivity contribution < 1.29 is 23.5 Å². The Labute approximate surface area is 216 Å². The Bertz CT molecular complexity index is 1130. The van der Waals surface area contributed by atoms with Crippen LogP contribution in [0.25, 0.3) is 0 Å². The topological polar surface area (TPSA) is 139 Å². The van der Waals surface area contributed by atoms with Gasteiger partial charge in [0.1, 0.15) is 23.3 Å². The third-order valence-electron chi connectivity index (χ3n) is 5.87. The molecule has 0 unspecified atom stereocenters. The molecule has 4 rings (SSSR count). The summed E-state index contributed by atoms with van der Waals surface area (Å²) in [7, 11) is 0. The number of likely N-dealkylation sites (tertiary alicyclic amines) is 1. The molecule has 2 aliphatic rings. The van der Waals surface area contributed by atoms with Crippen molar-refractivity contribution in [3.8, 4) is 5.88 Å². The van der Waals surface area contributed by atoms with Gasteiger partial charge in [-0.3, -0.25) is 14.9 Å². The molecule has 1 aliphatic heterocycles. The van der Waals surface area contributed by atoms with Crippen LogP contribution in [0.5, 0.6) is 5.88 Å². The summed E-state index contributed by atoms with van der Waals surface area (Å²) in [6, 6.07) is 4.56. The summed E-state index contributed by atoms with van der Waals surface area (Å²) in [4.78, 5) is 38.7. The molecule has 36 heavy (non-hydrogen) atoms. The number of amides is 4. The lowest BCUT2D eigenvalue weighted by Gasteiger charge is -2.14. The first-order chi connectivity index (χ1) is 17.3. The lowest BCUT2D eigenvalue weighted by atomic mass is 10.1. The molecule has 1 saturated heterocycles. The van der Waals surface area contributed by atoms with Crippen molar-refractivity contribution in [3.63, 3.8) is 0 Å². The van der Waals surface area contributed by atoms with Crippen molar-refractivity contribution >= 4 is 46.0 Å². The largest absolute Gasteiger partial charge is 0.472 e. The SMILES string of the molecule is NC(=O)c1c(OCc2cc(C(=O)NC3CC3)ccc2Cl)nsc1NC(=O)NCCCN1CC[C@H](F)C1. The summed E-state index contributed by atoms with van der Waals surface area (Å²) in [5.74, 6) is -1.04. The summed E-state index contributed by atoms with van der Waals surface area (Å²) in [5.41, 5.74) is 6.44. The lowest BCUT2D eigenvalue weighted by Crippen LogP contribution is -2.32. The minimum atomic E-state index is -0.812. The summed E-state index contributed by atoms with van der Waals surface area (Å²) >= 11 is 7.12. The monoisotopic (exact) mass is 538 g/mol. The number of nitrogens with two attached hydrogens (primary N) is 1. The van der Waals surface area contributed by atoms with E-state index in [-0.39, 0.29) is 35.0 Å². The van der Waals surface area contributed by atoms with E-state index in [1.165, 1.54) is 0 Å². The molecule has 2 heterocycles. The first-order valence-electron chi connectivity index (χ1n) is 11.7. The molecular weight excluding hydrogens is 511 g/mol. The number of halogens is 2. The van der Waals surface area contributed by atoms with E-state index in [0.29, 0.717) is 48.6 Å². The Kier molecular flexibility index (Phi) is 8.60. The van der Waals surface area contributed by atoms with Gasteiger partial charge in [-0.2, -0.15) is 4.37 Å². The zero-order chi connectivity index (χ0) is 25.7. The molecule has 1 atom stereocenters. The Balaban J connectivity index is 1.31. The van der Waals surface area contributed by atoms with Gasteiger partial charge in [-0.05, 0) is 62.0 Å². The van der Waals surface area contributed by atoms with E-state index in [1.54, 1.807) is 18.2 Å².